The smallest absolute Gasteiger partial charge is 0.148 e. The molecule has 1 atom stereocenters. The molecule has 2 aromatic carbocycles. The fraction of sp³-hybridized carbons (Fsp3) is 0.423. The lowest BCUT2D eigenvalue weighted by Crippen LogP contribution is -2.18. The van der Waals surface area contributed by atoms with E-state index in [1.165, 1.54) is 5.69 Å². The van der Waals surface area contributed by atoms with Gasteiger partial charge in [-0.2, -0.15) is 0 Å². The van der Waals surface area contributed by atoms with Crippen LogP contribution >= 0.6 is 0 Å². The predicted molar refractivity (Wildman–Crippen MR) is 127 cm³/mol. The number of hydrogen-bond donors (Lipinski definition) is 1. The quantitative estimate of drug-likeness (QED) is 0.390. The number of benzene rings is 2. The van der Waals surface area contributed by atoms with Gasteiger partial charge in [-0.3, -0.25) is 4.99 Å². The molecule has 1 aliphatic heterocycles. The largest absolute Gasteiger partial charge is 0.398 e. The summed E-state index contributed by atoms with van der Waals surface area (Å²) in [5.74, 6) is 0.107. The normalized spacial score (nSPS) is 17.6. The van der Waals surface area contributed by atoms with Crippen LogP contribution in [0.5, 0.6) is 0 Å². The van der Waals surface area contributed by atoms with Crippen LogP contribution in [0.15, 0.2) is 35.3 Å². The summed E-state index contributed by atoms with van der Waals surface area (Å²) in [6.07, 6.45) is 3.09. The number of aliphatic imine (C=N–C) groups is 1. The first-order valence-electron chi connectivity index (χ1n) is 11.1. The van der Waals surface area contributed by atoms with Crippen molar-refractivity contribution in [3.63, 3.8) is 0 Å². The van der Waals surface area contributed by atoms with Gasteiger partial charge in [0.1, 0.15) is 12.0 Å². The SMILES string of the molecule is C/C(=N\C1CCCCO1)c1cc2c(cc(C(C)C)n2-c2ccc(F)c(C)c2)c(C)c1N. The molecule has 0 bridgehead atoms. The molecule has 4 rings (SSSR count). The number of aromatic nitrogens is 1. The van der Waals surface area contributed by atoms with E-state index in [0.29, 0.717) is 11.5 Å². The third-order valence-corrected chi connectivity index (χ3v) is 6.32. The van der Waals surface area contributed by atoms with Crippen molar-refractivity contribution in [2.24, 2.45) is 4.99 Å². The number of rotatable bonds is 4. The van der Waals surface area contributed by atoms with Gasteiger partial charge in [-0.15, -0.1) is 0 Å². The van der Waals surface area contributed by atoms with Crippen molar-refractivity contribution in [3.05, 3.63) is 58.5 Å². The molecule has 1 aromatic heterocycles. The van der Waals surface area contributed by atoms with Crippen molar-refractivity contribution in [2.45, 2.75) is 66.0 Å². The highest BCUT2D eigenvalue weighted by molar-refractivity contribution is 6.08. The number of nitrogens with two attached hydrogens (primary N) is 1. The molecule has 31 heavy (non-hydrogen) atoms. The zero-order valence-corrected chi connectivity index (χ0v) is 19.1. The lowest BCUT2D eigenvalue weighted by Gasteiger charge is -2.20. The molecule has 5 heteroatoms. The summed E-state index contributed by atoms with van der Waals surface area (Å²) < 4.78 is 22.0. The number of halogens is 1. The van der Waals surface area contributed by atoms with Gasteiger partial charge in [0.25, 0.3) is 0 Å². The minimum Gasteiger partial charge on any atom is -0.398 e. The predicted octanol–water partition coefficient (Wildman–Crippen LogP) is 6.43. The third-order valence-electron chi connectivity index (χ3n) is 6.32. The van der Waals surface area contributed by atoms with Gasteiger partial charge in [0.05, 0.1) is 5.52 Å². The van der Waals surface area contributed by atoms with E-state index in [0.717, 1.165) is 65.0 Å². The summed E-state index contributed by atoms with van der Waals surface area (Å²) in [7, 11) is 0. The maximum atomic E-state index is 14.0. The van der Waals surface area contributed by atoms with Crippen molar-refractivity contribution in [1.82, 2.24) is 4.57 Å². The molecule has 1 fully saturated rings. The molecule has 0 amide bonds. The van der Waals surface area contributed by atoms with Gasteiger partial charge in [0, 0.05) is 40.3 Å². The Morgan fingerprint density at radius 2 is 1.97 bits per heavy atom. The zero-order chi connectivity index (χ0) is 22.3. The van der Waals surface area contributed by atoms with Crippen LogP contribution in [0.3, 0.4) is 0 Å². The summed E-state index contributed by atoms with van der Waals surface area (Å²) in [5.41, 5.74) is 14.1. The second-order valence-electron chi connectivity index (χ2n) is 8.92. The van der Waals surface area contributed by atoms with Crippen molar-refractivity contribution in [2.75, 3.05) is 12.3 Å². The second-order valence-corrected chi connectivity index (χ2v) is 8.92. The van der Waals surface area contributed by atoms with Crippen molar-refractivity contribution >= 4 is 22.3 Å². The number of nitrogen functional groups attached to an aromatic ring is 1. The van der Waals surface area contributed by atoms with Crippen molar-refractivity contribution < 1.29 is 9.13 Å². The Bertz CT molecular complexity index is 1150. The molecule has 0 saturated carbocycles. The summed E-state index contributed by atoms with van der Waals surface area (Å²) in [4.78, 5) is 4.84. The van der Waals surface area contributed by atoms with E-state index in [2.05, 4.69) is 37.5 Å². The lowest BCUT2D eigenvalue weighted by atomic mass is 10.0. The van der Waals surface area contributed by atoms with E-state index < -0.39 is 0 Å². The van der Waals surface area contributed by atoms with Crippen LogP contribution < -0.4 is 5.73 Å². The number of anilines is 1. The van der Waals surface area contributed by atoms with E-state index in [1.54, 1.807) is 13.0 Å². The number of nitrogens with zero attached hydrogens (tertiary/aromatic N) is 2. The molecule has 1 aliphatic rings. The highest BCUT2D eigenvalue weighted by Crippen LogP contribution is 2.35. The number of hydrogen-bond acceptors (Lipinski definition) is 3. The van der Waals surface area contributed by atoms with Crippen LogP contribution in [-0.2, 0) is 4.74 Å². The van der Waals surface area contributed by atoms with Crippen LogP contribution in [0.25, 0.3) is 16.6 Å². The fourth-order valence-corrected chi connectivity index (χ4v) is 4.44. The van der Waals surface area contributed by atoms with Crippen LogP contribution in [0.1, 0.15) is 68.3 Å². The van der Waals surface area contributed by atoms with Gasteiger partial charge in [-0.1, -0.05) is 13.8 Å². The Kier molecular flexibility index (Phi) is 5.89. The van der Waals surface area contributed by atoms with E-state index in [-0.39, 0.29) is 12.0 Å². The molecule has 2 heterocycles. The molecule has 164 valence electrons. The number of aryl methyl sites for hydroxylation is 2. The maximum Gasteiger partial charge on any atom is 0.148 e. The first kappa shape index (κ1) is 21.6. The molecule has 4 nitrogen and oxygen atoms in total. The first-order chi connectivity index (χ1) is 14.8. The Balaban J connectivity index is 1.93. The van der Waals surface area contributed by atoms with Gasteiger partial charge in [-0.05, 0) is 87.4 Å². The summed E-state index contributed by atoms with van der Waals surface area (Å²) in [5, 5.41) is 1.12. The average molecular weight is 422 g/mol. The molecule has 0 radical (unpaired) electrons. The van der Waals surface area contributed by atoms with Gasteiger partial charge in [-0.25, -0.2) is 4.39 Å². The molecule has 0 aliphatic carbocycles. The van der Waals surface area contributed by atoms with E-state index in [9.17, 15) is 4.39 Å². The Labute approximate surface area is 183 Å². The molecule has 1 saturated heterocycles. The maximum absolute atomic E-state index is 14.0. The highest BCUT2D eigenvalue weighted by atomic mass is 19.1. The first-order valence-corrected chi connectivity index (χ1v) is 11.1. The van der Waals surface area contributed by atoms with Gasteiger partial charge >= 0.3 is 0 Å². The van der Waals surface area contributed by atoms with Crippen LogP contribution in [0.2, 0.25) is 0 Å². The van der Waals surface area contributed by atoms with Gasteiger partial charge < -0.3 is 15.0 Å². The molecule has 2 N–H and O–H groups in total. The third kappa shape index (κ3) is 3.99. The van der Waals surface area contributed by atoms with Crippen LogP contribution in [0.4, 0.5) is 10.1 Å². The van der Waals surface area contributed by atoms with Gasteiger partial charge in [0.2, 0.25) is 0 Å². The standard InChI is InChI=1S/C26H32FN3O/c1-15(2)23-13-20-17(4)26(28)21(18(5)29-25-8-6-7-11-31-25)14-24(20)30(23)19-9-10-22(27)16(3)12-19/h9-10,12-15,25H,6-8,11,28H2,1-5H3/b29-18+. The number of fused-ring (bicyclic) bond motifs is 1. The molecular formula is C26H32FN3O. The van der Waals surface area contributed by atoms with Crippen molar-refractivity contribution in [1.29, 1.82) is 0 Å². The van der Waals surface area contributed by atoms with E-state index in [1.807, 2.05) is 19.1 Å². The zero-order valence-electron chi connectivity index (χ0n) is 19.1. The minimum atomic E-state index is -0.192. The van der Waals surface area contributed by atoms with Crippen molar-refractivity contribution in [3.8, 4) is 5.69 Å². The van der Waals surface area contributed by atoms with Gasteiger partial charge in [0.15, 0.2) is 0 Å². The lowest BCUT2D eigenvalue weighted by molar-refractivity contribution is 0.0224. The molecule has 0 spiro atoms. The fourth-order valence-electron chi connectivity index (χ4n) is 4.44. The van der Waals surface area contributed by atoms with Crippen LogP contribution in [-0.4, -0.2) is 23.1 Å². The van der Waals surface area contributed by atoms with Crippen LogP contribution in [0, 0.1) is 19.7 Å². The van der Waals surface area contributed by atoms with E-state index in [4.69, 9.17) is 15.5 Å². The Morgan fingerprint density at radius 1 is 1.19 bits per heavy atom. The monoisotopic (exact) mass is 421 g/mol. The topological polar surface area (TPSA) is 52.5 Å². The minimum absolute atomic E-state index is 0.0955. The Morgan fingerprint density at radius 3 is 2.61 bits per heavy atom. The number of ether oxygens (including phenoxy) is 1. The summed E-state index contributed by atoms with van der Waals surface area (Å²) >= 11 is 0. The highest BCUT2D eigenvalue weighted by Gasteiger charge is 2.20. The molecular weight excluding hydrogens is 389 g/mol. The second kappa shape index (κ2) is 8.46. The molecule has 3 aromatic rings. The summed E-state index contributed by atoms with van der Waals surface area (Å²) in [6, 6.07) is 9.63. The average Bonchev–Trinajstić information content (AvgIpc) is 3.13. The summed E-state index contributed by atoms with van der Waals surface area (Å²) in [6.45, 7) is 11.0. The van der Waals surface area contributed by atoms with E-state index >= 15 is 0 Å². The molecule has 1 unspecified atom stereocenters. The Hall–Kier alpha value is -2.66.